The molecular formula is C17H14ClNO3S. The van der Waals surface area contributed by atoms with Crippen molar-refractivity contribution < 1.29 is 14.3 Å². The van der Waals surface area contributed by atoms with Crippen molar-refractivity contribution >= 4 is 41.0 Å². The number of benzene rings is 2. The van der Waals surface area contributed by atoms with E-state index < -0.39 is 0 Å². The Morgan fingerprint density at radius 1 is 1.17 bits per heavy atom. The molecule has 1 heterocycles. The van der Waals surface area contributed by atoms with Crippen LogP contribution in [0.3, 0.4) is 0 Å². The number of carbonyl (C=O) groups is 1. The van der Waals surface area contributed by atoms with Gasteiger partial charge in [-0.3, -0.25) is 4.79 Å². The van der Waals surface area contributed by atoms with Crippen LogP contribution in [0.1, 0.15) is 5.56 Å². The van der Waals surface area contributed by atoms with Gasteiger partial charge in [0.2, 0.25) is 0 Å². The van der Waals surface area contributed by atoms with Crippen LogP contribution in [-0.2, 0) is 4.79 Å². The first-order chi connectivity index (χ1) is 11.1. The Labute approximate surface area is 143 Å². The van der Waals surface area contributed by atoms with Gasteiger partial charge in [0.25, 0.3) is 5.91 Å². The van der Waals surface area contributed by atoms with Gasteiger partial charge in [-0.1, -0.05) is 35.5 Å². The smallest absolute Gasteiger partial charge is 0.262 e. The van der Waals surface area contributed by atoms with Crippen molar-refractivity contribution in [2.24, 2.45) is 0 Å². The molecule has 1 aliphatic heterocycles. The summed E-state index contributed by atoms with van der Waals surface area (Å²) in [6, 6.07) is 11.2. The number of halogens is 1. The Hall–Kier alpha value is -2.11. The van der Waals surface area contributed by atoms with E-state index in [1.807, 2.05) is 24.3 Å². The maximum atomic E-state index is 12.2. The molecule has 3 rings (SSSR count). The second kappa shape index (κ2) is 6.56. The summed E-state index contributed by atoms with van der Waals surface area (Å²) >= 11 is 7.63. The summed E-state index contributed by atoms with van der Waals surface area (Å²) in [5, 5.41) is 3.31. The first kappa shape index (κ1) is 15.8. The van der Waals surface area contributed by atoms with Crippen molar-refractivity contribution in [3.05, 3.63) is 51.9 Å². The third kappa shape index (κ3) is 3.16. The van der Waals surface area contributed by atoms with E-state index in [9.17, 15) is 4.79 Å². The van der Waals surface area contributed by atoms with E-state index in [0.717, 1.165) is 16.1 Å². The number of nitrogens with one attached hydrogen (secondary N) is 1. The van der Waals surface area contributed by atoms with Gasteiger partial charge in [0.05, 0.1) is 29.8 Å². The summed E-state index contributed by atoms with van der Waals surface area (Å²) in [6.07, 6.45) is 1.78. The number of rotatable bonds is 3. The molecule has 1 N–H and O–H groups in total. The zero-order valence-electron chi connectivity index (χ0n) is 12.6. The van der Waals surface area contributed by atoms with Gasteiger partial charge in [-0.15, -0.1) is 0 Å². The lowest BCUT2D eigenvalue weighted by atomic mass is 10.1. The van der Waals surface area contributed by atoms with Crippen molar-refractivity contribution in [3.63, 3.8) is 0 Å². The van der Waals surface area contributed by atoms with Crippen molar-refractivity contribution in [3.8, 4) is 11.5 Å². The Balaban J connectivity index is 1.99. The first-order valence-corrected chi connectivity index (χ1v) is 8.03. The predicted molar refractivity (Wildman–Crippen MR) is 93.5 cm³/mol. The highest BCUT2D eigenvalue weighted by molar-refractivity contribution is 8.04. The molecule has 0 saturated carbocycles. The van der Waals surface area contributed by atoms with E-state index in [1.165, 1.54) is 18.9 Å². The Bertz CT molecular complexity index is 804. The second-order valence-electron chi connectivity index (χ2n) is 4.80. The van der Waals surface area contributed by atoms with E-state index >= 15 is 0 Å². The summed E-state index contributed by atoms with van der Waals surface area (Å²) in [6.45, 7) is 0. The lowest BCUT2D eigenvalue weighted by Gasteiger charge is -2.18. The maximum Gasteiger partial charge on any atom is 0.262 e. The number of hydrogen-bond donors (Lipinski definition) is 1. The summed E-state index contributed by atoms with van der Waals surface area (Å²) < 4.78 is 10.5. The highest BCUT2D eigenvalue weighted by Gasteiger charge is 2.21. The fraction of sp³-hybridized carbons (Fsp3) is 0.118. The molecule has 23 heavy (non-hydrogen) atoms. The third-order valence-corrected chi connectivity index (χ3v) is 4.71. The molecule has 0 fully saturated rings. The number of anilines is 1. The number of fused-ring (bicyclic) bond motifs is 1. The first-order valence-electron chi connectivity index (χ1n) is 6.84. The topological polar surface area (TPSA) is 47.6 Å². The summed E-state index contributed by atoms with van der Waals surface area (Å²) in [7, 11) is 3.08. The third-order valence-electron chi connectivity index (χ3n) is 3.33. The Kier molecular flexibility index (Phi) is 4.50. The van der Waals surface area contributed by atoms with Gasteiger partial charge < -0.3 is 14.8 Å². The van der Waals surface area contributed by atoms with Crippen LogP contribution >= 0.6 is 23.4 Å². The van der Waals surface area contributed by atoms with Crippen molar-refractivity contribution in [1.82, 2.24) is 0 Å². The molecule has 2 aromatic carbocycles. The lowest BCUT2D eigenvalue weighted by Crippen LogP contribution is -2.17. The van der Waals surface area contributed by atoms with Crippen LogP contribution in [0, 0.1) is 0 Å². The molecule has 1 amide bonds. The normalized spacial score (nSPS) is 15.1. The molecule has 0 unspecified atom stereocenters. The minimum absolute atomic E-state index is 0.139. The largest absolute Gasteiger partial charge is 0.493 e. The van der Waals surface area contributed by atoms with Crippen LogP contribution in [-0.4, -0.2) is 20.1 Å². The highest BCUT2D eigenvalue weighted by atomic mass is 35.5. The quantitative estimate of drug-likeness (QED) is 0.834. The standard InChI is InChI=1S/C17H14ClNO3S/c1-21-13-8-10(7-11(18)16(13)22-2)9-15-17(20)19-12-5-3-4-6-14(12)23-15/h3-9H,1-2H3,(H,19,20)/b15-9-. The molecule has 0 bridgehead atoms. The molecule has 118 valence electrons. The maximum absolute atomic E-state index is 12.2. The van der Waals surface area contributed by atoms with Crippen LogP contribution in [0.4, 0.5) is 5.69 Å². The van der Waals surface area contributed by atoms with E-state index in [1.54, 1.807) is 25.3 Å². The Morgan fingerprint density at radius 3 is 2.70 bits per heavy atom. The van der Waals surface area contributed by atoms with E-state index in [2.05, 4.69) is 5.32 Å². The molecule has 0 radical (unpaired) electrons. The number of para-hydroxylation sites is 1. The Morgan fingerprint density at radius 2 is 1.96 bits per heavy atom. The monoisotopic (exact) mass is 347 g/mol. The number of amides is 1. The summed E-state index contributed by atoms with van der Waals surface area (Å²) in [4.78, 5) is 13.8. The van der Waals surface area contributed by atoms with Crippen LogP contribution in [0.5, 0.6) is 11.5 Å². The van der Waals surface area contributed by atoms with Gasteiger partial charge in [-0.25, -0.2) is 0 Å². The van der Waals surface area contributed by atoms with E-state index in [-0.39, 0.29) is 5.91 Å². The summed E-state index contributed by atoms with van der Waals surface area (Å²) in [5.74, 6) is 0.857. The van der Waals surface area contributed by atoms with Crippen molar-refractivity contribution in [2.45, 2.75) is 4.90 Å². The van der Waals surface area contributed by atoms with Gasteiger partial charge in [0, 0.05) is 4.90 Å². The predicted octanol–water partition coefficient (Wildman–Crippen LogP) is 4.44. The lowest BCUT2D eigenvalue weighted by molar-refractivity contribution is -0.112. The minimum Gasteiger partial charge on any atom is -0.493 e. The minimum atomic E-state index is -0.139. The molecule has 2 aromatic rings. The van der Waals surface area contributed by atoms with Crippen LogP contribution in [0.15, 0.2) is 46.2 Å². The van der Waals surface area contributed by atoms with Gasteiger partial charge in [-0.05, 0) is 35.9 Å². The molecule has 0 atom stereocenters. The zero-order chi connectivity index (χ0) is 16.4. The fourth-order valence-corrected chi connectivity index (χ4v) is 3.52. The molecule has 0 aliphatic carbocycles. The molecule has 0 spiro atoms. The number of carbonyl (C=O) groups excluding carboxylic acids is 1. The van der Waals surface area contributed by atoms with Crippen LogP contribution in [0.25, 0.3) is 6.08 Å². The second-order valence-corrected chi connectivity index (χ2v) is 6.29. The molecule has 4 nitrogen and oxygen atoms in total. The number of hydrogen-bond acceptors (Lipinski definition) is 4. The van der Waals surface area contributed by atoms with Gasteiger partial charge in [0.1, 0.15) is 0 Å². The number of methoxy groups -OCH3 is 2. The number of thioether (sulfide) groups is 1. The van der Waals surface area contributed by atoms with Crippen LogP contribution < -0.4 is 14.8 Å². The van der Waals surface area contributed by atoms with Gasteiger partial charge >= 0.3 is 0 Å². The van der Waals surface area contributed by atoms with Gasteiger partial charge in [-0.2, -0.15) is 0 Å². The summed E-state index contributed by atoms with van der Waals surface area (Å²) in [5.41, 5.74) is 1.59. The zero-order valence-corrected chi connectivity index (χ0v) is 14.1. The average molecular weight is 348 g/mol. The van der Waals surface area contributed by atoms with E-state index in [0.29, 0.717) is 21.4 Å². The number of ether oxygens (including phenoxy) is 2. The van der Waals surface area contributed by atoms with Crippen molar-refractivity contribution in [2.75, 3.05) is 19.5 Å². The molecule has 1 aliphatic rings. The molecule has 6 heteroatoms. The highest BCUT2D eigenvalue weighted by Crippen LogP contribution is 2.40. The van der Waals surface area contributed by atoms with Crippen molar-refractivity contribution in [1.29, 1.82) is 0 Å². The molecular weight excluding hydrogens is 334 g/mol. The van der Waals surface area contributed by atoms with E-state index in [4.69, 9.17) is 21.1 Å². The van der Waals surface area contributed by atoms with Gasteiger partial charge in [0.15, 0.2) is 11.5 Å². The average Bonchev–Trinajstić information content (AvgIpc) is 2.55. The fourth-order valence-electron chi connectivity index (χ4n) is 2.28. The molecule has 0 saturated heterocycles. The SMILES string of the molecule is COc1cc(/C=C2\Sc3ccccc3NC2=O)cc(Cl)c1OC. The molecule has 0 aromatic heterocycles. The van der Waals surface area contributed by atoms with Crippen LogP contribution in [0.2, 0.25) is 5.02 Å².